The molecular formula is C26H28N4O5S. The van der Waals surface area contributed by atoms with Crippen molar-refractivity contribution < 1.29 is 18.1 Å². The van der Waals surface area contributed by atoms with Gasteiger partial charge in [0.2, 0.25) is 10.0 Å². The number of nitrogens with one attached hydrogen (secondary N) is 1. The smallest absolute Gasteiger partial charge is 0.272 e. The molecule has 0 heterocycles. The molecule has 0 bridgehead atoms. The molecule has 0 aliphatic heterocycles. The highest BCUT2D eigenvalue weighted by atomic mass is 32.2. The lowest BCUT2D eigenvalue weighted by Crippen LogP contribution is -2.39. The molecule has 3 rings (SSSR count). The minimum absolute atomic E-state index is 0.0172. The largest absolute Gasteiger partial charge is 0.278 e. The zero-order valence-electron chi connectivity index (χ0n) is 20.6. The molecule has 1 amide bonds. The topological polar surface area (TPSA) is 122 Å². The van der Waals surface area contributed by atoms with Gasteiger partial charge >= 0.3 is 0 Å². The number of benzene rings is 3. The molecule has 3 aromatic rings. The average molecular weight is 509 g/mol. The maximum atomic E-state index is 13.7. The number of rotatable bonds is 9. The van der Waals surface area contributed by atoms with Crippen LogP contribution in [0.1, 0.15) is 33.4 Å². The molecule has 36 heavy (non-hydrogen) atoms. The monoisotopic (exact) mass is 508 g/mol. The summed E-state index contributed by atoms with van der Waals surface area (Å²) in [5, 5.41) is 15.0. The summed E-state index contributed by atoms with van der Waals surface area (Å²) < 4.78 is 28.6. The first kappa shape index (κ1) is 26.7. The first-order chi connectivity index (χ1) is 17.0. The second-order valence-electron chi connectivity index (χ2n) is 8.60. The number of carbonyl (C=O) groups is 1. The van der Waals surface area contributed by atoms with Crippen LogP contribution in [0.3, 0.4) is 0 Å². The number of para-hydroxylation sites is 1. The minimum Gasteiger partial charge on any atom is -0.272 e. The van der Waals surface area contributed by atoms with Gasteiger partial charge < -0.3 is 0 Å². The fourth-order valence-electron chi connectivity index (χ4n) is 3.96. The third kappa shape index (κ3) is 6.41. The van der Waals surface area contributed by atoms with Gasteiger partial charge in [-0.05, 0) is 50.5 Å². The Kier molecular flexibility index (Phi) is 8.33. The van der Waals surface area contributed by atoms with E-state index in [1.54, 1.807) is 32.0 Å². The fourth-order valence-corrected chi connectivity index (χ4v) is 5.75. The van der Waals surface area contributed by atoms with Crippen LogP contribution in [-0.4, -0.2) is 36.3 Å². The number of nitro benzene ring substituents is 1. The van der Waals surface area contributed by atoms with Crippen LogP contribution >= 0.6 is 0 Å². The molecule has 0 saturated heterocycles. The van der Waals surface area contributed by atoms with Crippen molar-refractivity contribution in [3.63, 3.8) is 0 Å². The summed E-state index contributed by atoms with van der Waals surface area (Å²) in [5.41, 5.74) is 6.21. The third-order valence-electron chi connectivity index (χ3n) is 5.53. The van der Waals surface area contributed by atoms with Crippen LogP contribution in [-0.2, 0) is 21.4 Å². The molecule has 0 aromatic heterocycles. The van der Waals surface area contributed by atoms with E-state index >= 15 is 0 Å². The molecule has 9 nitrogen and oxygen atoms in total. The molecule has 0 unspecified atom stereocenters. The molecule has 0 saturated carbocycles. The van der Waals surface area contributed by atoms with Gasteiger partial charge in [0.25, 0.3) is 11.6 Å². The van der Waals surface area contributed by atoms with E-state index in [1.165, 1.54) is 18.2 Å². The Hall–Kier alpha value is -3.89. The van der Waals surface area contributed by atoms with Crippen molar-refractivity contribution in [1.82, 2.24) is 9.73 Å². The van der Waals surface area contributed by atoms with Gasteiger partial charge in [-0.1, -0.05) is 59.7 Å². The predicted molar refractivity (Wildman–Crippen MR) is 138 cm³/mol. The first-order valence-electron chi connectivity index (χ1n) is 11.2. The fraction of sp³-hybridized carbons (Fsp3) is 0.231. The second-order valence-corrected chi connectivity index (χ2v) is 10.5. The average Bonchev–Trinajstić information content (AvgIpc) is 2.79. The minimum atomic E-state index is -4.05. The van der Waals surface area contributed by atoms with Crippen molar-refractivity contribution in [3.8, 4) is 0 Å². The molecule has 0 aliphatic carbocycles. The lowest BCUT2D eigenvalue weighted by molar-refractivity contribution is -0.385. The molecule has 3 aromatic carbocycles. The molecular weight excluding hydrogens is 480 g/mol. The van der Waals surface area contributed by atoms with Crippen LogP contribution in [0.2, 0.25) is 0 Å². The summed E-state index contributed by atoms with van der Waals surface area (Å²) in [6, 6.07) is 16.9. The van der Waals surface area contributed by atoms with E-state index in [9.17, 15) is 23.3 Å². The lowest BCUT2D eigenvalue weighted by Gasteiger charge is -2.24. The van der Waals surface area contributed by atoms with Gasteiger partial charge in [-0.2, -0.15) is 9.41 Å². The summed E-state index contributed by atoms with van der Waals surface area (Å²) in [7, 11) is -4.05. The Bertz CT molecular complexity index is 1390. The predicted octanol–water partition coefficient (Wildman–Crippen LogP) is 4.17. The van der Waals surface area contributed by atoms with Crippen molar-refractivity contribution in [3.05, 3.63) is 104 Å². The highest BCUT2D eigenvalue weighted by molar-refractivity contribution is 7.89. The van der Waals surface area contributed by atoms with Gasteiger partial charge in [0.05, 0.1) is 28.1 Å². The Balaban J connectivity index is 1.88. The van der Waals surface area contributed by atoms with Crippen molar-refractivity contribution >= 4 is 27.8 Å². The normalized spacial score (nSPS) is 11.7. The van der Waals surface area contributed by atoms with Crippen molar-refractivity contribution in [2.24, 2.45) is 5.10 Å². The zero-order chi connectivity index (χ0) is 26.5. The van der Waals surface area contributed by atoms with Gasteiger partial charge in [-0.25, -0.2) is 13.8 Å². The number of carbonyl (C=O) groups excluding carboxylic acids is 1. The van der Waals surface area contributed by atoms with Crippen LogP contribution in [0, 0.1) is 37.8 Å². The highest BCUT2D eigenvalue weighted by Gasteiger charge is 2.30. The van der Waals surface area contributed by atoms with E-state index in [2.05, 4.69) is 10.5 Å². The number of amides is 1. The van der Waals surface area contributed by atoms with Gasteiger partial charge in [0.15, 0.2) is 0 Å². The van der Waals surface area contributed by atoms with Gasteiger partial charge in [-0.3, -0.25) is 14.9 Å². The molecule has 0 spiro atoms. The SMILES string of the molecule is Cc1ccc(CN(CC(=O)N/N=C/c2ccccc2[N+](=O)[O-])S(=O)(=O)c2c(C)cc(C)cc2C)cc1. The van der Waals surface area contributed by atoms with Crippen LogP contribution in [0.4, 0.5) is 5.69 Å². The van der Waals surface area contributed by atoms with Crippen LogP contribution in [0.5, 0.6) is 0 Å². The van der Waals surface area contributed by atoms with E-state index in [0.29, 0.717) is 11.1 Å². The summed E-state index contributed by atoms with van der Waals surface area (Å²) in [5.74, 6) is -0.678. The van der Waals surface area contributed by atoms with E-state index in [0.717, 1.165) is 27.2 Å². The van der Waals surface area contributed by atoms with E-state index in [1.807, 2.05) is 38.1 Å². The molecule has 188 valence electrons. The number of sulfonamides is 1. The van der Waals surface area contributed by atoms with Gasteiger partial charge in [0.1, 0.15) is 0 Å². The summed E-state index contributed by atoms with van der Waals surface area (Å²) in [4.78, 5) is 23.5. The third-order valence-corrected chi connectivity index (χ3v) is 7.63. The second kappa shape index (κ2) is 11.2. The molecule has 0 radical (unpaired) electrons. The van der Waals surface area contributed by atoms with Crippen molar-refractivity contribution in [2.75, 3.05) is 6.54 Å². The Morgan fingerprint density at radius 2 is 1.61 bits per heavy atom. The van der Waals surface area contributed by atoms with Crippen LogP contribution in [0.25, 0.3) is 0 Å². The maximum Gasteiger partial charge on any atom is 0.278 e. The van der Waals surface area contributed by atoms with Crippen LogP contribution < -0.4 is 5.43 Å². The molecule has 1 N–H and O–H groups in total. The summed E-state index contributed by atoms with van der Waals surface area (Å²) >= 11 is 0. The van der Waals surface area contributed by atoms with E-state index in [-0.39, 0.29) is 22.7 Å². The Morgan fingerprint density at radius 3 is 2.22 bits per heavy atom. The standard InChI is InChI=1S/C26H28N4O5S/c1-18-9-11-22(12-10-18)16-29(36(34,35)26-20(3)13-19(2)14-21(26)4)17-25(31)28-27-15-23-7-5-6-8-24(23)30(32)33/h5-15H,16-17H2,1-4H3,(H,28,31)/b27-15+. The summed E-state index contributed by atoms with van der Waals surface area (Å²) in [6.45, 7) is 6.78. The zero-order valence-corrected chi connectivity index (χ0v) is 21.4. The first-order valence-corrected chi connectivity index (χ1v) is 12.6. The van der Waals surface area contributed by atoms with Crippen molar-refractivity contribution in [1.29, 1.82) is 0 Å². The van der Waals surface area contributed by atoms with E-state index in [4.69, 9.17) is 0 Å². The number of nitrogens with zero attached hydrogens (tertiary/aromatic N) is 3. The Labute approximate surface area is 210 Å². The molecule has 0 fully saturated rings. The number of aryl methyl sites for hydroxylation is 4. The van der Waals surface area contributed by atoms with E-state index < -0.39 is 27.4 Å². The lowest BCUT2D eigenvalue weighted by atomic mass is 10.1. The number of hydrogen-bond acceptors (Lipinski definition) is 6. The highest BCUT2D eigenvalue weighted by Crippen LogP contribution is 2.26. The van der Waals surface area contributed by atoms with Gasteiger partial charge in [-0.15, -0.1) is 0 Å². The number of hydrogen-bond donors (Lipinski definition) is 1. The van der Waals surface area contributed by atoms with Crippen molar-refractivity contribution in [2.45, 2.75) is 39.1 Å². The summed E-state index contributed by atoms with van der Waals surface area (Å²) in [6.07, 6.45) is 1.16. The molecule has 0 atom stereocenters. The number of nitro groups is 1. The molecule has 0 aliphatic rings. The Morgan fingerprint density at radius 1 is 1.00 bits per heavy atom. The number of hydrazone groups is 1. The van der Waals surface area contributed by atoms with Gasteiger partial charge in [0, 0.05) is 12.6 Å². The quantitative estimate of drug-likeness (QED) is 0.264. The van der Waals surface area contributed by atoms with Crippen LogP contribution in [0.15, 0.2) is 70.7 Å². The molecule has 10 heteroatoms. The maximum absolute atomic E-state index is 13.7.